The number of hydrogen-bond acceptors (Lipinski definition) is 4. The molecular weight excluding hydrogens is 184 g/mol. The molecular formula is C10H12O4. The first-order valence-corrected chi connectivity index (χ1v) is 4.48. The first-order chi connectivity index (χ1) is 6.70. The lowest BCUT2D eigenvalue weighted by Crippen LogP contribution is -2.44. The molecule has 1 aliphatic heterocycles. The molecule has 1 aromatic heterocycles. The number of hydrogen-bond donors (Lipinski definition) is 0. The Morgan fingerprint density at radius 2 is 2.43 bits per heavy atom. The summed E-state index contributed by atoms with van der Waals surface area (Å²) < 4.78 is 15.0. The van der Waals surface area contributed by atoms with Crippen molar-refractivity contribution in [1.29, 1.82) is 0 Å². The van der Waals surface area contributed by atoms with Gasteiger partial charge in [-0.25, -0.2) is 4.79 Å². The van der Waals surface area contributed by atoms with Crippen LogP contribution in [0.1, 0.15) is 17.5 Å². The molecule has 4 nitrogen and oxygen atoms in total. The molecule has 0 N–H and O–H groups in total. The van der Waals surface area contributed by atoms with Crippen LogP contribution in [0.15, 0.2) is 22.8 Å². The summed E-state index contributed by atoms with van der Waals surface area (Å²) in [4.78, 5) is 11.3. The lowest BCUT2D eigenvalue weighted by Gasteiger charge is -2.36. The highest BCUT2D eigenvalue weighted by Crippen LogP contribution is 2.26. The molecule has 0 bridgehead atoms. The van der Waals surface area contributed by atoms with Gasteiger partial charge in [0.15, 0.2) is 0 Å². The van der Waals surface area contributed by atoms with Gasteiger partial charge in [-0.15, -0.1) is 0 Å². The second kappa shape index (κ2) is 3.46. The number of carbonyl (C=O) groups excluding carboxylic acids is 1. The molecule has 1 fully saturated rings. The minimum atomic E-state index is -0.414. The average molecular weight is 196 g/mol. The molecule has 0 atom stereocenters. The Kier molecular flexibility index (Phi) is 2.29. The first kappa shape index (κ1) is 9.27. The summed E-state index contributed by atoms with van der Waals surface area (Å²) in [5.41, 5.74) is -0.0117. The van der Waals surface area contributed by atoms with E-state index < -0.39 is 5.97 Å². The SMILES string of the molecule is CC1(COC(=O)c2ccco2)COC1. The standard InChI is InChI=1S/C10H12O4/c1-10(5-12-6-10)7-14-9(11)8-3-2-4-13-8/h2-4H,5-7H2,1H3. The zero-order valence-corrected chi connectivity index (χ0v) is 7.99. The third-order valence-electron chi connectivity index (χ3n) is 2.18. The molecule has 2 heterocycles. The van der Waals surface area contributed by atoms with Gasteiger partial charge < -0.3 is 13.9 Å². The summed E-state index contributed by atoms with van der Waals surface area (Å²) in [6.07, 6.45) is 1.45. The van der Waals surface area contributed by atoms with Crippen molar-refractivity contribution in [3.8, 4) is 0 Å². The van der Waals surface area contributed by atoms with E-state index in [9.17, 15) is 4.79 Å². The van der Waals surface area contributed by atoms with E-state index in [2.05, 4.69) is 0 Å². The molecule has 1 aliphatic rings. The number of esters is 1. The van der Waals surface area contributed by atoms with Crippen molar-refractivity contribution in [2.75, 3.05) is 19.8 Å². The predicted octanol–water partition coefficient (Wildman–Crippen LogP) is 1.47. The molecule has 0 unspecified atom stereocenters. The monoisotopic (exact) mass is 196 g/mol. The van der Waals surface area contributed by atoms with Gasteiger partial charge in [0.2, 0.25) is 5.76 Å². The summed E-state index contributed by atoms with van der Waals surface area (Å²) in [6.45, 7) is 3.70. The van der Waals surface area contributed by atoms with Crippen LogP contribution in [0.25, 0.3) is 0 Å². The summed E-state index contributed by atoms with van der Waals surface area (Å²) in [5.74, 6) is -0.169. The third-order valence-corrected chi connectivity index (χ3v) is 2.18. The van der Waals surface area contributed by atoms with E-state index >= 15 is 0 Å². The quantitative estimate of drug-likeness (QED) is 0.687. The topological polar surface area (TPSA) is 48.7 Å². The Morgan fingerprint density at radius 1 is 1.64 bits per heavy atom. The van der Waals surface area contributed by atoms with Crippen LogP contribution in [0.5, 0.6) is 0 Å². The Balaban J connectivity index is 1.84. The van der Waals surface area contributed by atoms with Crippen LogP contribution < -0.4 is 0 Å². The molecule has 0 spiro atoms. The molecule has 0 aromatic carbocycles. The van der Waals surface area contributed by atoms with Crippen molar-refractivity contribution in [3.05, 3.63) is 24.2 Å². The number of rotatable bonds is 3. The van der Waals surface area contributed by atoms with E-state index in [0.29, 0.717) is 19.8 Å². The van der Waals surface area contributed by atoms with E-state index in [1.54, 1.807) is 12.1 Å². The summed E-state index contributed by atoms with van der Waals surface area (Å²) in [6, 6.07) is 3.24. The van der Waals surface area contributed by atoms with Crippen molar-refractivity contribution in [3.63, 3.8) is 0 Å². The van der Waals surface area contributed by atoms with Crippen LogP contribution in [0.2, 0.25) is 0 Å². The van der Waals surface area contributed by atoms with E-state index in [0.717, 1.165) is 0 Å². The highest BCUT2D eigenvalue weighted by atomic mass is 16.6. The van der Waals surface area contributed by atoms with E-state index in [1.807, 2.05) is 6.92 Å². The van der Waals surface area contributed by atoms with Crippen molar-refractivity contribution < 1.29 is 18.7 Å². The number of ether oxygens (including phenoxy) is 2. The molecule has 4 heteroatoms. The molecule has 76 valence electrons. The van der Waals surface area contributed by atoms with E-state index in [1.165, 1.54) is 6.26 Å². The highest BCUT2D eigenvalue weighted by molar-refractivity contribution is 5.86. The number of carbonyl (C=O) groups is 1. The zero-order chi connectivity index (χ0) is 10.0. The second-order valence-electron chi connectivity index (χ2n) is 3.86. The zero-order valence-electron chi connectivity index (χ0n) is 7.99. The van der Waals surface area contributed by atoms with Crippen LogP contribution in [-0.4, -0.2) is 25.8 Å². The van der Waals surface area contributed by atoms with Crippen LogP contribution in [0, 0.1) is 5.41 Å². The molecule has 0 saturated carbocycles. The fourth-order valence-electron chi connectivity index (χ4n) is 1.24. The van der Waals surface area contributed by atoms with Gasteiger partial charge in [0, 0.05) is 5.41 Å². The van der Waals surface area contributed by atoms with Gasteiger partial charge in [-0.1, -0.05) is 6.92 Å². The second-order valence-corrected chi connectivity index (χ2v) is 3.86. The predicted molar refractivity (Wildman–Crippen MR) is 47.9 cm³/mol. The lowest BCUT2D eigenvalue weighted by atomic mass is 9.90. The molecule has 2 rings (SSSR count). The van der Waals surface area contributed by atoms with Crippen molar-refractivity contribution in [2.24, 2.45) is 5.41 Å². The van der Waals surface area contributed by atoms with Gasteiger partial charge in [-0.05, 0) is 12.1 Å². The minimum Gasteiger partial charge on any atom is -0.459 e. The first-order valence-electron chi connectivity index (χ1n) is 4.48. The normalized spacial score (nSPS) is 18.6. The van der Waals surface area contributed by atoms with Gasteiger partial charge in [-0.2, -0.15) is 0 Å². The molecule has 0 aliphatic carbocycles. The Labute approximate surface area is 81.8 Å². The van der Waals surface area contributed by atoms with Crippen molar-refractivity contribution in [1.82, 2.24) is 0 Å². The van der Waals surface area contributed by atoms with Crippen LogP contribution >= 0.6 is 0 Å². The fraction of sp³-hybridized carbons (Fsp3) is 0.500. The van der Waals surface area contributed by atoms with Gasteiger partial charge in [0.05, 0.1) is 19.5 Å². The van der Waals surface area contributed by atoms with Crippen molar-refractivity contribution >= 4 is 5.97 Å². The van der Waals surface area contributed by atoms with Gasteiger partial charge in [-0.3, -0.25) is 0 Å². The Bertz CT molecular complexity index is 311. The maximum atomic E-state index is 11.3. The summed E-state index contributed by atoms with van der Waals surface area (Å²) >= 11 is 0. The molecule has 0 amide bonds. The molecule has 1 saturated heterocycles. The van der Waals surface area contributed by atoms with E-state index in [4.69, 9.17) is 13.9 Å². The Morgan fingerprint density at radius 3 is 2.93 bits per heavy atom. The molecule has 14 heavy (non-hydrogen) atoms. The fourth-order valence-corrected chi connectivity index (χ4v) is 1.24. The van der Waals surface area contributed by atoms with Crippen LogP contribution in [0.4, 0.5) is 0 Å². The summed E-state index contributed by atoms with van der Waals surface area (Å²) in [5, 5.41) is 0. The highest BCUT2D eigenvalue weighted by Gasteiger charge is 2.35. The van der Waals surface area contributed by atoms with Crippen molar-refractivity contribution in [2.45, 2.75) is 6.92 Å². The smallest absolute Gasteiger partial charge is 0.374 e. The van der Waals surface area contributed by atoms with Crippen LogP contribution in [-0.2, 0) is 9.47 Å². The van der Waals surface area contributed by atoms with Gasteiger partial charge in [0.25, 0.3) is 0 Å². The third kappa shape index (κ3) is 1.80. The van der Waals surface area contributed by atoms with Crippen LogP contribution in [0.3, 0.4) is 0 Å². The maximum absolute atomic E-state index is 11.3. The maximum Gasteiger partial charge on any atom is 0.374 e. The molecule has 0 radical (unpaired) electrons. The van der Waals surface area contributed by atoms with Gasteiger partial charge in [0.1, 0.15) is 6.61 Å². The minimum absolute atomic E-state index is 0.0117. The Hall–Kier alpha value is -1.29. The lowest BCUT2D eigenvalue weighted by molar-refractivity contribution is -0.127. The summed E-state index contributed by atoms with van der Waals surface area (Å²) in [7, 11) is 0. The number of furan rings is 1. The largest absolute Gasteiger partial charge is 0.459 e. The van der Waals surface area contributed by atoms with E-state index in [-0.39, 0.29) is 11.2 Å². The van der Waals surface area contributed by atoms with Gasteiger partial charge >= 0.3 is 5.97 Å². The molecule has 1 aromatic rings. The average Bonchev–Trinajstić information content (AvgIpc) is 2.63.